The first kappa shape index (κ1) is 18.7. The van der Waals surface area contributed by atoms with E-state index in [0.717, 1.165) is 18.4 Å². The molecule has 0 aliphatic rings. The largest absolute Gasteiger partial charge is 0.488 e. The summed E-state index contributed by atoms with van der Waals surface area (Å²) >= 11 is 0. The molecule has 6 heteroatoms. The van der Waals surface area contributed by atoms with Crippen molar-refractivity contribution in [3.8, 4) is 5.75 Å². The van der Waals surface area contributed by atoms with Gasteiger partial charge in [-0.25, -0.2) is 9.18 Å². The van der Waals surface area contributed by atoms with Crippen molar-refractivity contribution < 1.29 is 18.7 Å². The highest BCUT2D eigenvalue weighted by Crippen LogP contribution is 2.12. The molecule has 0 unspecified atom stereocenters. The van der Waals surface area contributed by atoms with E-state index in [4.69, 9.17) is 9.47 Å². The van der Waals surface area contributed by atoms with Crippen molar-refractivity contribution in [3.63, 3.8) is 0 Å². The summed E-state index contributed by atoms with van der Waals surface area (Å²) in [6.07, 6.45) is 4.74. The van der Waals surface area contributed by atoms with Gasteiger partial charge in [-0.2, -0.15) is 0 Å². The van der Waals surface area contributed by atoms with Crippen LogP contribution in [-0.2, 0) is 11.3 Å². The summed E-state index contributed by atoms with van der Waals surface area (Å²) in [5, 5.41) is 0. The van der Waals surface area contributed by atoms with Gasteiger partial charge in [0.1, 0.15) is 11.4 Å². The molecule has 2 rings (SSSR count). The van der Waals surface area contributed by atoms with Crippen molar-refractivity contribution in [2.75, 3.05) is 13.2 Å². The number of rotatable bonds is 8. The fourth-order valence-electron chi connectivity index (χ4n) is 2.28. The zero-order valence-corrected chi connectivity index (χ0v) is 14.5. The van der Waals surface area contributed by atoms with E-state index in [-0.39, 0.29) is 23.7 Å². The second-order valence-corrected chi connectivity index (χ2v) is 5.59. The maximum absolute atomic E-state index is 13.0. The summed E-state index contributed by atoms with van der Waals surface area (Å²) < 4.78 is 25.2. The average Bonchev–Trinajstić information content (AvgIpc) is 2.59. The van der Waals surface area contributed by atoms with Gasteiger partial charge in [0.05, 0.1) is 19.4 Å². The van der Waals surface area contributed by atoms with E-state index >= 15 is 0 Å². The zero-order chi connectivity index (χ0) is 18.2. The minimum atomic E-state index is -0.679. The number of carbonyl (C=O) groups is 1. The van der Waals surface area contributed by atoms with Crippen LogP contribution >= 0.6 is 0 Å². The van der Waals surface area contributed by atoms with Crippen LogP contribution in [0, 0.1) is 5.82 Å². The van der Waals surface area contributed by atoms with E-state index in [0.29, 0.717) is 13.2 Å². The van der Waals surface area contributed by atoms with Gasteiger partial charge in [-0.05, 0) is 31.0 Å². The number of halogens is 1. The zero-order valence-electron chi connectivity index (χ0n) is 14.5. The molecule has 1 aromatic heterocycles. The first-order valence-corrected chi connectivity index (χ1v) is 8.33. The number of esters is 1. The van der Waals surface area contributed by atoms with E-state index in [1.807, 2.05) is 6.92 Å². The lowest BCUT2D eigenvalue weighted by Crippen LogP contribution is -2.22. The molecule has 25 heavy (non-hydrogen) atoms. The smallest absolute Gasteiger partial charge is 0.343 e. The standard InChI is InChI=1S/C19H22FNO4/c1-3-5-10-25-17-13-21(11-14-6-8-15(20)9-7-14)12-16(18(17)22)19(23)24-4-2/h6-9,12-13H,3-5,10-11H2,1-2H3. The van der Waals surface area contributed by atoms with E-state index < -0.39 is 11.4 Å². The Hall–Kier alpha value is -2.63. The number of unbranched alkanes of at least 4 members (excludes halogenated alkanes) is 1. The molecule has 0 spiro atoms. The topological polar surface area (TPSA) is 57.5 Å². The Kier molecular flexibility index (Phi) is 6.74. The van der Waals surface area contributed by atoms with E-state index in [1.165, 1.54) is 18.3 Å². The minimum Gasteiger partial charge on any atom is -0.488 e. The van der Waals surface area contributed by atoms with Crippen LogP contribution < -0.4 is 10.2 Å². The maximum atomic E-state index is 13.0. The first-order chi connectivity index (χ1) is 12.0. The fraction of sp³-hybridized carbons (Fsp3) is 0.368. The molecule has 2 aromatic rings. The molecule has 1 aromatic carbocycles. The normalized spacial score (nSPS) is 10.5. The molecule has 1 heterocycles. The maximum Gasteiger partial charge on any atom is 0.343 e. The molecule has 0 saturated carbocycles. The molecule has 0 aliphatic heterocycles. The quantitative estimate of drug-likeness (QED) is 0.542. The fourth-order valence-corrected chi connectivity index (χ4v) is 2.28. The van der Waals surface area contributed by atoms with Crippen molar-refractivity contribution in [2.45, 2.75) is 33.2 Å². The van der Waals surface area contributed by atoms with Crippen LogP contribution in [0.1, 0.15) is 42.6 Å². The van der Waals surface area contributed by atoms with Gasteiger partial charge >= 0.3 is 5.97 Å². The average molecular weight is 347 g/mol. The van der Waals surface area contributed by atoms with Crippen LogP contribution in [0.2, 0.25) is 0 Å². The Morgan fingerprint density at radius 3 is 2.52 bits per heavy atom. The summed E-state index contributed by atoms with van der Waals surface area (Å²) in [6, 6.07) is 6.02. The van der Waals surface area contributed by atoms with Crippen LogP contribution in [0.15, 0.2) is 41.5 Å². The second-order valence-electron chi connectivity index (χ2n) is 5.59. The third kappa shape index (κ3) is 5.17. The number of ether oxygens (including phenoxy) is 2. The van der Waals surface area contributed by atoms with Gasteiger partial charge in [0.15, 0.2) is 5.75 Å². The molecular formula is C19H22FNO4. The SMILES string of the molecule is CCCCOc1cn(Cc2ccc(F)cc2)cc(C(=O)OCC)c1=O. The van der Waals surface area contributed by atoms with Gasteiger partial charge in [0.2, 0.25) is 5.43 Å². The van der Waals surface area contributed by atoms with Gasteiger partial charge in [0, 0.05) is 12.7 Å². The number of pyridine rings is 1. The van der Waals surface area contributed by atoms with Gasteiger partial charge in [-0.1, -0.05) is 25.5 Å². The lowest BCUT2D eigenvalue weighted by atomic mass is 10.2. The van der Waals surface area contributed by atoms with Crippen LogP contribution in [-0.4, -0.2) is 23.8 Å². The molecule has 0 aliphatic carbocycles. The second kappa shape index (κ2) is 9.01. The molecule has 0 atom stereocenters. The summed E-state index contributed by atoms with van der Waals surface area (Å²) in [5.74, 6) is -0.887. The highest BCUT2D eigenvalue weighted by molar-refractivity contribution is 5.89. The third-order valence-corrected chi connectivity index (χ3v) is 3.58. The number of carbonyl (C=O) groups excluding carboxylic acids is 1. The highest BCUT2D eigenvalue weighted by atomic mass is 19.1. The highest BCUT2D eigenvalue weighted by Gasteiger charge is 2.17. The molecule has 0 fully saturated rings. The van der Waals surface area contributed by atoms with Crippen LogP contribution in [0.5, 0.6) is 5.75 Å². The van der Waals surface area contributed by atoms with Gasteiger partial charge in [-0.15, -0.1) is 0 Å². The van der Waals surface area contributed by atoms with Crippen molar-refractivity contribution in [1.29, 1.82) is 0 Å². The molecule has 134 valence electrons. The van der Waals surface area contributed by atoms with Crippen LogP contribution in [0.4, 0.5) is 4.39 Å². The Labute approximate surface area is 146 Å². The molecule has 0 bridgehead atoms. The number of aromatic nitrogens is 1. The Morgan fingerprint density at radius 2 is 1.88 bits per heavy atom. The predicted octanol–water partition coefficient (Wildman–Crippen LogP) is 3.39. The predicted molar refractivity (Wildman–Crippen MR) is 92.6 cm³/mol. The van der Waals surface area contributed by atoms with E-state index in [2.05, 4.69) is 0 Å². The summed E-state index contributed by atoms with van der Waals surface area (Å²) in [4.78, 5) is 24.5. The molecule has 0 radical (unpaired) electrons. The monoisotopic (exact) mass is 347 g/mol. The van der Waals surface area contributed by atoms with Crippen LogP contribution in [0.3, 0.4) is 0 Å². The minimum absolute atomic E-state index is 0.0713. The van der Waals surface area contributed by atoms with Crippen molar-refractivity contribution >= 4 is 5.97 Å². The molecule has 0 amide bonds. The molecular weight excluding hydrogens is 325 g/mol. The first-order valence-electron chi connectivity index (χ1n) is 8.33. The number of nitrogens with zero attached hydrogens (tertiary/aromatic N) is 1. The van der Waals surface area contributed by atoms with E-state index in [9.17, 15) is 14.0 Å². The summed E-state index contributed by atoms with van der Waals surface area (Å²) in [5.41, 5.74) is 0.280. The number of benzene rings is 1. The summed E-state index contributed by atoms with van der Waals surface area (Å²) in [7, 11) is 0. The van der Waals surface area contributed by atoms with E-state index in [1.54, 1.807) is 29.8 Å². The van der Waals surface area contributed by atoms with Gasteiger partial charge in [0.25, 0.3) is 0 Å². The summed E-state index contributed by atoms with van der Waals surface area (Å²) in [6.45, 7) is 4.64. The Morgan fingerprint density at radius 1 is 1.16 bits per heavy atom. The molecule has 5 nitrogen and oxygen atoms in total. The number of hydrogen-bond acceptors (Lipinski definition) is 4. The molecule has 0 saturated heterocycles. The van der Waals surface area contributed by atoms with Crippen molar-refractivity contribution in [1.82, 2.24) is 4.57 Å². The van der Waals surface area contributed by atoms with Gasteiger partial charge < -0.3 is 14.0 Å². The van der Waals surface area contributed by atoms with Crippen molar-refractivity contribution in [2.24, 2.45) is 0 Å². The third-order valence-electron chi connectivity index (χ3n) is 3.58. The Bertz CT molecular complexity index is 768. The lowest BCUT2D eigenvalue weighted by molar-refractivity contribution is 0.0523. The lowest BCUT2D eigenvalue weighted by Gasteiger charge is -2.13. The molecule has 0 N–H and O–H groups in total. The van der Waals surface area contributed by atoms with Gasteiger partial charge in [-0.3, -0.25) is 4.79 Å². The van der Waals surface area contributed by atoms with Crippen molar-refractivity contribution in [3.05, 3.63) is 63.8 Å². The Balaban J connectivity index is 2.35. The number of hydrogen-bond donors (Lipinski definition) is 0. The van der Waals surface area contributed by atoms with Crippen LogP contribution in [0.25, 0.3) is 0 Å².